The van der Waals surface area contributed by atoms with Crippen molar-refractivity contribution in [2.45, 2.75) is 52.4 Å². The van der Waals surface area contributed by atoms with Crippen molar-refractivity contribution in [1.29, 1.82) is 0 Å². The van der Waals surface area contributed by atoms with Gasteiger partial charge in [-0.3, -0.25) is 0 Å². The van der Waals surface area contributed by atoms with Crippen molar-refractivity contribution >= 4 is 0 Å². The Morgan fingerprint density at radius 3 is 2.50 bits per heavy atom. The minimum atomic E-state index is 0.269. The van der Waals surface area contributed by atoms with Gasteiger partial charge in [-0.15, -0.1) is 0 Å². The molecule has 0 atom stereocenters. The van der Waals surface area contributed by atoms with Gasteiger partial charge in [0, 0.05) is 0 Å². The molecule has 0 unspecified atom stereocenters. The molecule has 2 aliphatic rings. The van der Waals surface area contributed by atoms with Gasteiger partial charge in [-0.05, 0) is 42.1 Å². The molecule has 14 heavy (non-hydrogen) atoms. The molecule has 1 saturated carbocycles. The van der Waals surface area contributed by atoms with Crippen molar-refractivity contribution in [2.75, 3.05) is 6.61 Å². The van der Waals surface area contributed by atoms with Crippen LogP contribution in [0.5, 0.6) is 0 Å². The fraction of sp³-hybridized carbons (Fsp3) is 0.846. The van der Waals surface area contributed by atoms with E-state index in [1.54, 1.807) is 0 Å². The van der Waals surface area contributed by atoms with E-state index in [4.69, 9.17) is 0 Å². The molecule has 1 heteroatoms. The number of rotatable bonds is 1. The van der Waals surface area contributed by atoms with E-state index in [1.165, 1.54) is 37.7 Å². The Labute approximate surface area is 87.2 Å². The van der Waals surface area contributed by atoms with E-state index in [0.717, 1.165) is 6.42 Å². The highest BCUT2D eigenvalue weighted by Gasteiger charge is 2.40. The maximum Gasteiger partial charge on any atom is 0.0642 e. The molecule has 2 rings (SSSR count). The van der Waals surface area contributed by atoms with Crippen LogP contribution in [0.2, 0.25) is 0 Å². The van der Waals surface area contributed by atoms with E-state index in [0.29, 0.717) is 10.8 Å². The highest BCUT2D eigenvalue weighted by Crippen LogP contribution is 2.52. The predicted octanol–water partition coefficient (Wildman–Crippen LogP) is 3.29. The highest BCUT2D eigenvalue weighted by atomic mass is 16.3. The zero-order valence-corrected chi connectivity index (χ0v) is 9.47. The number of aliphatic hydroxyl groups is 1. The van der Waals surface area contributed by atoms with Gasteiger partial charge in [0.2, 0.25) is 0 Å². The molecular weight excluding hydrogens is 172 g/mol. The lowest BCUT2D eigenvalue weighted by atomic mass is 9.64. The number of allylic oxidation sites excluding steroid dienone is 1. The van der Waals surface area contributed by atoms with Crippen molar-refractivity contribution in [3.63, 3.8) is 0 Å². The van der Waals surface area contributed by atoms with E-state index in [9.17, 15) is 5.11 Å². The first-order valence-electron chi connectivity index (χ1n) is 5.87. The summed E-state index contributed by atoms with van der Waals surface area (Å²) in [6.07, 6.45) is 10.3. The highest BCUT2D eigenvalue weighted by molar-refractivity contribution is 5.18. The Kier molecular flexibility index (Phi) is 2.46. The van der Waals surface area contributed by atoms with Crippen LogP contribution < -0.4 is 0 Å². The molecule has 0 amide bonds. The second-order valence-corrected chi connectivity index (χ2v) is 6.05. The molecule has 0 aromatic carbocycles. The van der Waals surface area contributed by atoms with Crippen molar-refractivity contribution in [3.05, 3.63) is 11.6 Å². The molecule has 0 aromatic rings. The minimum absolute atomic E-state index is 0.269. The zero-order chi connectivity index (χ0) is 10.2. The lowest BCUT2D eigenvalue weighted by Crippen LogP contribution is -2.30. The first-order chi connectivity index (χ1) is 6.55. The van der Waals surface area contributed by atoms with Crippen LogP contribution in [0, 0.1) is 10.8 Å². The normalized spacial score (nSPS) is 29.2. The van der Waals surface area contributed by atoms with Crippen molar-refractivity contribution < 1.29 is 5.11 Å². The zero-order valence-electron chi connectivity index (χ0n) is 9.47. The third-order valence-electron chi connectivity index (χ3n) is 3.85. The Hall–Kier alpha value is -0.300. The third kappa shape index (κ3) is 1.88. The Morgan fingerprint density at radius 1 is 1.29 bits per heavy atom. The molecule has 1 N–H and O–H groups in total. The minimum Gasteiger partial charge on any atom is -0.392 e. The molecular formula is C13H22O. The second kappa shape index (κ2) is 3.37. The maximum absolute atomic E-state index is 9.30. The molecule has 0 bridgehead atoms. The average Bonchev–Trinajstić information content (AvgIpc) is 2.49. The molecule has 2 aliphatic carbocycles. The summed E-state index contributed by atoms with van der Waals surface area (Å²) >= 11 is 0. The molecule has 0 aliphatic heterocycles. The molecule has 0 aromatic heterocycles. The van der Waals surface area contributed by atoms with Gasteiger partial charge >= 0.3 is 0 Å². The van der Waals surface area contributed by atoms with Crippen molar-refractivity contribution in [1.82, 2.24) is 0 Å². The molecule has 0 saturated heterocycles. The summed E-state index contributed by atoms with van der Waals surface area (Å²) in [4.78, 5) is 0. The van der Waals surface area contributed by atoms with Gasteiger partial charge < -0.3 is 5.11 Å². The Balaban J connectivity index is 2.25. The van der Waals surface area contributed by atoms with Crippen LogP contribution in [-0.2, 0) is 0 Å². The molecule has 80 valence electrons. The molecule has 0 heterocycles. The van der Waals surface area contributed by atoms with Crippen LogP contribution in [0.4, 0.5) is 0 Å². The van der Waals surface area contributed by atoms with E-state index < -0.39 is 0 Å². The van der Waals surface area contributed by atoms with E-state index >= 15 is 0 Å². The monoisotopic (exact) mass is 194 g/mol. The van der Waals surface area contributed by atoms with Crippen LogP contribution in [0.15, 0.2) is 11.6 Å². The van der Waals surface area contributed by atoms with Gasteiger partial charge in [0.25, 0.3) is 0 Å². The summed E-state index contributed by atoms with van der Waals surface area (Å²) in [6, 6.07) is 0. The van der Waals surface area contributed by atoms with E-state index in [2.05, 4.69) is 19.9 Å². The van der Waals surface area contributed by atoms with Gasteiger partial charge in [-0.25, -0.2) is 0 Å². The van der Waals surface area contributed by atoms with Gasteiger partial charge in [0.05, 0.1) is 6.61 Å². The van der Waals surface area contributed by atoms with E-state index in [1.807, 2.05) is 0 Å². The van der Waals surface area contributed by atoms with Gasteiger partial charge in [-0.2, -0.15) is 0 Å². The fourth-order valence-corrected chi connectivity index (χ4v) is 3.67. The summed E-state index contributed by atoms with van der Waals surface area (Å²) in [6.45, 7) is 4.96. The second-order valence-electron chi connectivity index (χ2n) is 6.05. The smallest absolute Gasteiger partial charge is 0.0642 e. The first kappa shape index (κ1) is 10.2. The summed E-state index contributed by atoms with van der Waals surface area (Å²) in [5.41, 5.74) is 2.14. The topological polar surface area (TPSA) is 20.2 Å². The van der Waals surface area contributed by atoms with E-state index in [-0.39, 0.29) is 6.61 Å². The van der Waals surface area contributed by atoms with Crippen LogP contribution in [0.3, 0.4) is 0 Å². The predicted molar refractivity (Wildman–Crippen MR) is 59.1 cm³/mol. The third-order valence-corrected chi connectivity index (χ3v) is 3.85. The van der Waals surface area contributed by atoms with Crippen LogP contribution in [0.25, 0.3) is 0 Å². The molecule has 0 radical (unpaired) electrons. The van der Waals surface area contributed by atoms with Crippen LogP contribution >= 0.6 is 0 Å². The van der Waals surface area contributed by atoms with Crippen molar-refractivity contribution in [2.24, 2.45) is 10.8 Å². The molecule has 1 fully saturated rings. The van der Waals surface area contributed by atoms with Crippen LogP contribution in [0.1, 0.15) is 52.4 Å². The maximum atomic E-state index is 9.30. The molecule has 1 nitrogen and oxygen atoms in total. The van der Waals surface area contributed by atoms with Gasteiger partial charge in [0.1, 0.15) is 0 Å². The Bertz CT molecular complexity index is 244. The quantitative estimate of drug-likeness (QED) is 0.635. The average molecular weight is 194 g/mol. The van der Waals surface area contributed by atoms with Crippen molar-refractivity contribution in [3.8, 4) is 0 Å². The fourth-order valence-electron chi connectivity index (χ4n) is 3.67. The SMILES string of the molecule is CC1(C)CC(CO)=CC2(CCCC2)C1. The number of hydrogen-bond donors (Lipinski definition) is 1. The standard InChI is InChI=1S/C13H22O/c1-12(2)7-11(9-14)8-13(10-12)5-3-4-6-13/h8,14H,3-7,9-10H2,1-2H3. The van der Waals surface area contributed by atoms with Crippen LogP contribution in [-0.4, -0.2) is 11.7 Å². The first-order valence-corrected chi connectivity index (χ1v) is 5.87. The lowest BCUT2D eigenvalue weighted by Gasteiger charge is -2.41. The number of aliphatic hydroxyl groups excluding tert-OH is 1. The number of hydrogen-bond acceptors (Lipinski definition) is 1. The molecule has 1 spiro atoms. The van der Waals surface area contributed by atoms with Gasteiger partial charge in [-0.1, -0.05) is 32.8 Å². The lowest BCUT2D eigenvalue weighted by molar-refractivity contribution is 0.174. The van der Waals surface area contributed by atoms with Gasteiger partial charge in [0.15, 0.2) is 0 Å². The summed E-state index contributed by atoms with van der Waals surface area (Å²) < 4.78 is 0. The Morgan fingerprint density at radius 2 is 1.93 bits per heavy atom. The largest absolute Gasteiger partial charge is 0.392 e. The summed E-state index contributed by atoms with van der Waals surface area (Å²) in [7, 11) is 0. The summed E-state index contributed by atoms with van der Waals surface area (Å²) in [5, 5.41) is 9.30. The summed E-state index contributed by atoms with van der Waals surface area (Å²) in [5.74, 6) is 0.